The van der Waals surface area contributed by atoms with Crippen LogP contribution in [0.2, 0.25) is 0 Å². The molecule has 80 valence electrons. The summed E-state index contributed by atoms with van der Waals surface area (Å²) < 4.78 is 1.11. The zero-order chi connectivity index (χ0) is 10.3. The van der Waals surface area contributed by atoms with Crippen molar-refractivity contribution >= 4 is 22.6 Å². The highest BCUT2D eigenvalue weighted by atomic mass is 127. The summed E-state index contributed by atoms with van der Waals surface area (Å²) in [4.78, 5) is 6.92. The molecule has 0 unspecified atom stereocenters. The fraction of sp³-hybridized carbons (Fsp3) is 1.00. The first-order chi connectivity index (χ1) is 6.06. The van der Waals surface area contributed by atoms with Crippen LogP contribution in [0.25, 0.3) is 0 Å². The standard InChI is InChI=1S/C9H22IN3/c1-11(2)5-6-12(3)7-8-13(4)9-10/h5-9H2,1-4H3. The molecular weight excluding hydrogens is 277 g/mol. The summed E-state index contributed by atoms with van der Waals surface area (Å²) in [5.74, 6) is 0. The number of hydrogen-bond acceptors (Lipinski definition) is 3. The van der Waals surface area contributed by atoms with Crippen LogP contribution in [-0.4, -0.2) is 73.6 Å². The van der Waals surface area contributed by atoms with Crippen molar-refractivity contribution < 1.29 is 0 Å². The molecule has 0 bridgehead atoms. The van der Waals surface area contributed by atoms with E-state index >= 15 is 0 Å². The van der Waals surface area contributed by atoms with Crippen molar-refractivity contribution in [3.63, 3.8) is 0 Å². The first kappa shape index (κ1) is 13.6. The van der Waals surface area contributed by atoms with Gasteiger partial charge in [-0.15, -0.1) is 0 Å². The summed E-state index contributed by atoms with van der Waals surface area (Å²) in [5, 5.41) is 0. The molecule has 0 rings (SSSR count). The van der Waals surface area contributed by atoms with E-state index in [2.05, 4.69) is 65.5 Å². The van der Waals surface area contributed by atoms with E-state index in [0.29, 0.717) is 0 Å². The van der Waals surface area contributed by atoms with Gasteiger partial charge in [-0.05, 0) is 28.2 Å². The lowest BCUT2D eigenvalue weighted by atomic mass is 10.4. The predicted molar refractivity (Wildman–Crippen MR) is 67.6 cm³/mol. The highest BCUT2D eigenvalue weighted by molar-refractivity contribution is 14.1. The second-order valence-electron chi connectivity index (χ2n) is 3.81. The van der Waals surface area contributed by atoms with Gasteiger partial charge in [0.05, 0.1) is 4.55 Å². The van der Waals surface area contributed by atoms with Gasteiger partial charge in [0.25, 0.3) is 0 Å². The van der Waals surface area contributed by atoms with Crippen LogP contribution in [0.5, 0.6) is 0 Å². The predicted octanol–water partition coefficient (Wildman–Crippen LogP) is 0.804. The average Bonchev–Trinajstić information content (AvgIpc) is 2.10. The number of rotatable bonds is 7. The Labute approximate surface area is 96.2 Å². The van der Waals surface area contributed by atoms with Crippen molar-refractivity contribution in [2.45, 2.75) is 0 Å². The Hall–Kier alpha value is 0.610. The number of alkyl halides is 1. The van der Waals surface area contributed by atoms with E-state index in [4.69, 9.17) is 0 Å². The third-order valence-electron chi connectivity index (χ3n) is 2.00. The molecular formula is C9H22IN3. The second-order valence-corrected chi connectivity index (χ2v) is 4.49. The van der Waals surface area contributed by atoms with Crippen LogP contribution >= 0.6 is 22.6 Å². The molecule has 0 aliphatic carbocycles. The third-order valence-corrected chi connectivity index (χ3v) is 3.16. The number of nitrogens with zero attached hydrogens (tertiary/aromatic N) is 3. The third kappa shape index (κ3) is 8.93. The Morgan fingerprint density at radius 2 is 1.23 bits per heavy atom. The van der Waals surface area contributed by atoms with Gasteiger partial charge in [-0.2, -0.15) is 0 Å². The van der Waals surface area contributed by atoms with Crippen molar-refractivity contribution in [3.8, 4) is 0 Å². The van der Waals surface area contributed by atoms with Gasteiger partial charge < -0.3 is 9.80 Å². The van der Waals surface area contributed by atoms with E-state index in [1.807, 2.05) is 0 Å². The fourth-order valence-electron chi connectivity index (χ4n) is 0.884. The summed E-state index contributed by atoms with van der Waals surface area (Å²) >= 11 is 2.39. The quantitative estimate of drug-likeness (QED) is 0.391. The SMILES string of the molecule is CN(C)CCN(C)CCN(C)CI. The maximum atomic E-state index is 2.39. The van der Waals surface area contributed by atoms with Crippen molar-refractivity contribution in [2.75, 3.05) is 58.9 Å². The first-order valence-electron chi connectivity index (χ1n) is 4.64. The van der Waals surface area contributed by atoms with E-state index < -0.39 is 0 Å². The van der Waals surface area contributed by atoms with E-state index in [-0.39, 0.29) is 0 Å². The van der Waals surface area contributed by atoms with E-state index in [1.54, 1.807) is 0 Å². The van der Waals surface area contributed by atoms with Crippen LogP contribution < -0.4 is 0 Å². The molecule has 0 aromatic heterocycles. The average molecular weight is 299 g/mol. The van der Waals surface area contributed by atoms with Gasteiger partial charge in [-0.25, -0.2) is 0 Å². The summed E-state index contributed by atoms with van der Waals surface area (Å²) in [6.07, 6.45) is 0. The smallest absolute Gasteiger partial charge is 0.0503 e. The first-order valence-corrected chi connectivity index (χ1v) is 6.16. The Bertz CT molecular complexity index is 119. The molecule has 3 nitrogen and oxygen atoms in total. The van der Waals surface area contributed by atoms with Gasteiger partial charge >= 0.3 is 0 Å². The molecule has 0 fully saturated rings. The summed E-state index contributed by atoms with van der Waals surface area (Å²) in [6.45, 7) is 4.62. The Balaban J connectivity index is 3.34. The maximum absolute atomic E-state index is 2.39. The van der Waals surface area contributed by atoms with Crippen LogP contribution in [0.4, 0.5) is 0 Å². The molecule has 0 saturated carbocycles. The van der Waals surface area contributed by atoms with Gasteiger partial charge in [0.1, 0.15) is 0 Å². The molecule has 0 aliphatic heterocycles. The summed E-state index contributed by atoms with van der Waals surface area (Å²) in [5.41, 5.74) is 0. The number of hydrogen-bond donors (Lipinski definition) is 0. The lowest BCUT2D eigenvalue weighted by molar-refractivity contribution is 0.252. The summed E-state index contributed by atoms with van der Waals surface area (Å²) in [7, 11) is 8.58. The zero-order valence-corrected chi connectivity index (χ0v) is 11.4. The molecule has 0 atom stereocenters. The van der Waals surface area contributed by atoms with Crippen LogP contribution in [0.3, 0.4) is 0 Å². The Kier molecular flexibility index (Phi) is 8.34. The number of likely N-dealkylation sites (N-methyl/N-ethyl adjacent to an activating group) is 3. The van der Waals surface area contributed by atoms with Crippen molar-refractivity contribution in [1.82, 2.24) is 14.7 Å². The molecule has 13 heavy (non-hydrogen) atoms. The second kappa shape index (κ2) is 7.96. The van der Waals surface area contributed by atoms with Gasteiger partial charge in [-0.3, -0.25) is 4.90 Å². The van der Waals surface area contributed by atoms with Crippen molar-refractivity contribution in [2.24, 2.45) is 0 Å². The highest BCUT2D eigenvalue weighted by Crippen LogP contribution is 1.91. The van der Waals surface area contributed by atoms with E-state index in [0.717, 1.165) is 30.7 Å². The van der Waals surface area contributed by atoms with Crippen LogP contribution in [0, 0.1) is 0 Å². The van der Waals surface area contributed by atoms with E-state index in [1.165, 1.54) is 0 Å². The molecule has 4 heteroatoms. The lowest BCUT2D eigenvalue weighted by Crippen LogP contribution is -2.34. The molecule has 0 aromatic rings. The topological polar surface area (TPSA) is 9.72 Å². The van der Waals surface area contributed by atoms with Crippen LogP contribution in [0.1, 0.15) is 0 Å². The molecule has 0 radical (unpaired) electrons. The maximum Gasteiger partial charge on any atom is 0.0503 e. The van der Waals surface area contributed by atoms with Crippen molar-refractivity contribution in [3.05, 3.63) is 0 Å². The zero-order valence-electron chi connectivity index (χ0n) is 9.26. The highest BCUT2D eigenvalue weighted by Gasteiger charge is 2.00. The Morgan fingerprint density at radius 3 is 1.69 bits per heavy atom. The van der Waals surface area contributed by atoms with Gasteiger partial charge in [0.2, 0.25) is 0 Å². The van der Waals surface area contributed by atoms with E-state index in [9.17, 15) is 0 Å². The van der Waals surface area contributed by atoms with Gasteiger partial charge in [-0.1, -0.05) is 22.6 Å². The minimum atomic E-state index is 1.11. The lowest BCUT2D eigenvalue weighted by Gasteiger charge is -2.21. The molecule has 0 spiro atoms. The van der Waals surface area contributed by atoms with Gasteiger partial charge in [0, 0.05) is 26.2 Å². The minimum Gasteiger partial charge on any atom is -0.308 e. The normalized spacial score (nSPS) is 12.0. The monoisotopic (exact) mass is 299 g/mol. The van der Waals surface area contributed by atoms with Crippen LogP contribution in [0.15, 0.2) is 0 Å². The molecule has 0 aliphatic rings. The molecule has 0 amide bonds. The summed E-state index contributed by atoms with van der Waals surface area (Å²) in [6, 6.07) is 0. The molecule has 0 saturated heterocycles. The fourth-order valence-corrected chi connectivity index (χ4v) is 1.22. The number of halogens is 1. The van der Waals surface area contributed by atoms with Crippen LogP contribution in [-0.2, 0) is 0 Å². The molecule has 0 N–H and O–H groups in total. The molecule has 0 aromatic carbocycles. The largest absolute Gasteiger partial charge is 0.308 e. The Morgan fingerprint density at radius 1 is 0.769 bits per heavy atom. The van der Waals surface area contributed by atoms with Gasteiger partial charge in [0.15, 0.2) is 0 Å². The minimum absolute atomic E-state index is 1.11. The van der Waals surface area contributed by atoms with Crippen molar-refractivity contribution in [1.29, 1.82) is 0 Å². The molecule has 0 heterocycles.